The second-order valence-corrected chi connectivity index (χ2v) is 4.74. The zero-order valence-corrected chi connectivity index (χ0v) is 12.2. The molecule has 0 saturated carbocycles. The topological polar surface area (TPSA) is 36.9 Å². The van der Waals surface area contributed by atoms with Crippen molar-refractivity contribution in [3.05, 3.63) is 0 Å². The number of hydrogen-bond acceptors (Lipinski definition) is 2. The first-order chi connectivity index (χ1) is 9.46. The van der Waals surface area contributed by atoms with Crippen LogP contribution in [0, 0.1) is 0 Å². The number of halogens is 3. The molecule has 0 aliphatic carbocycles. The summed E-state index contributed by atoms with van der Waals surface area (Å²) in [4.78, 5) is 6.07. The smallest absolute Gasteiger partial charge is 0.378 e. The molecule has 1 rings (SSSR count). The van der Waals surface area contributed by atoms with E-state index in [-0.39, 0.29) is 12.6 Å². The van der Waals surface area contributed by atoms with Crippen molar-refractivity contribution < 1.29 is 17.9 Å². The number of hydrogen-bond donors (Lipinski definition) is 1. The lowest BCUT2D eigenvalue weighted by Crippen LogP contribution is -2.47. The molecule has 1 fully saturated rings. The van der Waals surface area contributed by atoms with Gasteiger partial charge in [-0.2, -0.15) is 13.2 Å². The second-order valence-electron chi connectivity index (χ2n) is 4.74. The molecule has 7 heteroatoms. The Morgan fingerprint density at radius 1 is 1.30 bits per heavy atom. The molecule has 1 saturated heterocycles. The standard InChI is InChI=1S/C13H24F3N3O/c1-3-17-12(18-8-7-13(14,15)16)19-9-5-11(6-10-19)20-4-2/h11H,3-10H2,1-2H3,(H,17,18). The minimum atomic E-state index is -4.15. The van der Waals surface area contributed by atoms with Crippen LogP contribution in [0.4, 0.5) is 13.2 Å². The Labute approximate surface area is 118 Å². The van der Waals surface area contributed by atoms with E-state index in [1.54, 1.807) is 0 Å². The number of likely N-dealkylation sites (tertiary alicyclic amines) is 1. The van der Waals surface area contributed by atoms with Crippen LogP contribution in [0.25, 0.3) is 0 Å². The van der Waals surface area contributed by atoms with Gasteiger partial charge in [0, 0.05) is 26.2 Å². The lowest BCUT2D eigenvalue weighted by atomic mass is 10.1. The molecule has 0 spiro atoms. The van der Waals surface area contributed by atoms with Gasteiger partial charge in [-0.15, -0.1) is 0 Å². The fraction of sp³-hybridized carbons (Fsp3) is 0.923. The number of nitrogens with one attached hydrogen (secondary N) is 1. The molecule has 0 aromatic carbocycles. The van der Waals surface area contributed by atoms with Crippen molar-refractivity contribution in [3.8, 4) is 0 Å². The Hall–Kier alpha value is -0.980. The second kappa shape index (κ2) is 8.34. The molecular weight excluding hydrogens is 271 g/mol. The van der Waals surface area contributed by atoms with E-state index in [1.807, 2.05) is 18.7 Å². The van der Waals surface area contributed by atoms with Gasteiger partial charge in [0.25, 0.3) is 0 Å². The van der Waals surface area contributed by atoms with Gasteiger partial charge >= 0.3 is 6.18 Å². The molecule has 0 aromatic heterocycles. The van der Waals surface area contributed by atoms with Gasteiger partial charge in [0.15, 0.2) is 5.96 Å². The van der Waals surface area contributed by atoms with E-state index >= 15 is 0 Å². The summed E-state index contributed by atoms with van der Waals surface area (Å²) in [6, 6.07) is 0. The molecule has 118 valence electrons. The van der Waals surface area contributed by atoms with Crippen molar-refractivity contribution in [2.75, 3.05) is 32.8 Å². The predicted octanol–water partition coefficient (Wildman–Crippen LogP) is 2.41. The SMILES string of the molecule is CCNC(=NCCC(F)(F)F)N1CCC(OCC)CC1. The minimum absolute atomic E-state index is 0.225. The average molecular weight is 295 g/mol. The fourth-order valence-electron chi connectivity index (χ4n) is 2.18. The third-order valence-corrected chi connectivity index (χ3v) is 3.14. The van der Waals surface area contributed by atoms with Crippen LogP contribution >= 0.6 is 0 Å². The molecule has 1 N–H and O–H groups in total. The first-order valence-corrected chi connectivity index (χ1v) is 7.18. The van der Waals surface area contributed by atoms with Gasteiger partial charge in [-0.3, -0.25) is 4.99 Å². The Morgan fingerprint density at radius 2 is 1.95 bits per heavy atom. The van der Waals surface area contributed by atoms with E-state index in [0.717, 1.165) is 25.9 Å². The molecular formula is C13H24F3N3O. The summed E-state index contributed by atoms with van der Waals surface area (Å²) in [5, 5.41) is 3.05. The first-order valence-electron chi connectivity index (χ1n) is 7.18. The van der Waals surface area contributed by atoms with Gasteiger partial charge in [0.1, 0.15) is 0 Å². The third kappa shape index (κ3) is 6.45. The number of alkyl halides is 3. The van der Waals surface area contributed by atoms with Gasteiger partial charge < -0.3 is 15.0 Å². The van der Waals surface area contributed by atoms with Crippen molar-refractivity contribution in [1.82, 2.24) is 10.2 Å². The summed E-state index contributed by atoms with van der Waals surface area (Å²) in [5.41, 5.74) is 0. The zero-order valence-electron chi connectivity index (χ0n) is 12.2. The van der Waals surface area contributed by atoms with Gasteiger partial charge in [-0.25, -0.2) is 0 Å². The molecule has 1 heterocycles. The Balaban J connectivity index is 2.48. The van der Waals surface area contributed by atoms with E-state index in [0.29, 0.717) is 19.1 Å². The van der Waals surface area contributed by atoms with Crippen LogP contribution < -0.4 is 5.32 Å². The zero-order chi connectivity index (χ0) is 15.0. The van der Waals surface area contributed by atoms with Crippen LogP contribution in [0.1, 0.15) is 33.1 Å². The van der Waals surface area contributed by atoms with Crippen molar-refractivity contribution in [1.29, 1.82) is 0 Å². The van der Waals surface area contributed by atoms with Crippen LogP contribution in [-0.4, -0.2) is 55.9 Å². The van der Waals surface area contributed by atoms with Crippen LogP contribution in [0.2, 0.25) is 0 Å². The number of guanidine groups is 1. The fourth-order valence-corrected chi connectivity index (χ4v) is 2.18. The van der Waals surface area contributed by atoms with Crippen molar-refractivity contribution >= 4 is 5.96 Å². The maximum absolute atomic E-state index is 12.2. The highest BCUT2D eigenvalue weighted by Gasteiger charge is 2.27. The highest BCUT2D eigenvalue weighted by atomic mass is 19.4. The van der Waals surface area contributed by atoms with Gasteiger partial charge in [0.2, 0.25) is 0 Å². The largest absolute Gasteiger partial charge is 0.390 e. The van der Waals surface area contributed by atoms with E-state index in [9.17, 15) is 13.2 Å². The number of nitrogens with zero attached hydrogens (tertiary/aromatic N) is 2. The monoisotopic (exact) mass is 295 g/mol. The number of rotatable bonds is 5. The number of aliphatic imine (C=N–C) groups is 1. The van der Waals surface area contributed by atoms with Crippen LogP contribution in [-0.2, 0) is 4.74 Å². The predicted molar refractivity (Wildman–Crippen MR) is 72.9 cm³/mol. The third-order valence-electron chi connectivity index (χ3n) is 3.14. The average Bonchev–Trinajstić information content (AvgIpc) is 2.38. The van der Waals surface area contributed by atoms with Crippen LogP contribution in [0.15, 0.2) is 4.99 Å². The molecule has 0 amide bonds. The Morgan fingerprint density at radius 3 is 2.45 bits per heavy atom. The minimum Gasteiger partial charge on any atom is -0.378 e. The summed E-state index contributed by atoms with van der Waals surface area (Å²) in [7, 11) is 0. The highest BCUT2D eigenvalue weighted by Crippen LogP contribution is 2.19. The Bertz CT molecular complexity index is 300. The maximum Gasteiger partial charge on any atom is 0.390 e. The quantitative estimate of drug-likeness (QED) is 0.625. The van der Waals surface area contributed by atoms with E-state index in [4.69, 9.17) is 4.74 Å². The summed E-state index contributed by atoms with van der Waals surface area (Å²) < 4.78 is 42.0. The van der Waals surface area contributed by atoms with Gasteiger partial charge in [0.05, 0.1) is 19.1 Å². The lowest BCUT2D eigenvalue weighted by Gasteiger charge is -2.34. The molecule has 0 atom stereocenters. The molecule has 1 aliphatic heterocycles. The molecule has 0 radical (unpaired) electrons. The summed E-state index contributed by atoms with van der Waals surface area (Å²) >= 11 is 0. The first kappa shape index (κ1) is 17.1. The van der Waals surface area contributed by atoms with Crippen molar-refractivity contribution in [3.63, 3.8) is 0 Å². The number of ether oxygens (including phenoxy) is 1. The molecule has 20 heavy (non-hydrogen) atoms. The molecule has 4 nitrogen and oxygen atoms in total. The van der Waals surface area contributed by atoms with Crippen molar-refractivity contribution in [2.24, 2.45) is 4.99 Å². The maximum atomic E-state index is 12.2. The van der Waals surface area contributed by atoms with Crippen LogP contribution in [0.3, 0.4) is 0 Å². The molecule has 0 bridgehead atoms. The molecule has 0 aromatic rings. The normalized spacial score (nSPS) is 18.4. The summed E-state index contributed by atoms with van der Waals surface area (Å²) in [6.07, 6.45) is -3.00. The van der Waals surface area contributed by atoms with E-state index in [2.05, 4.69) is 10.3 Å². The van der Waals surface area contributed by atoms with Crippen molar-refractivity contribution in [2.45, 2.75) is 45.4 Å². The summed E-state index contributed by atoms with van der Waals surface area (Å²) in [6.45, 7) is 6.53. The Kier molecular flexibility index (Phi) is 7.12. The van der Waals surface area contributed by atoms with E-state index < -0.39 is 12.6 Å². The lowest BCUT2D eigenvalue weighted by molar-refractivity contribution is -0.132. The van der Waals surface area contributed by atoms with E-state index in [1.165, 1.54) is 0 Å². The van der Waals surface area contributed by atoms with Gasteiger partial charge in [-0.05, 0) is 26.7 Å². The summed E-state index contributed by atoms with van der Waals surface area (Å²) in [5.74, 6) is 0.576. The van der Waals surface area contributed by atoms with Gasteiger partial charge in [-0.1, -0.05) is 0 Å². The van der Waals surface area contributed by atoms with Crippen LogP contribution in [0.5, 0.6) is 0 Å². The number of piperidine rings is 1. The molecule has 0 unspecified atom stereocenters. The molecule has 1 aliphatic rings. The highest BCUT2D eigenvalue weighted by molar-refractivity contribution is 5.80.